The maximum absolute atomic E-state index is 11.4. The first-order valence-electron chi connectivity index (χ1n) is 6.99. The topological polar surface area (TPSA) is 80.0 Å². The van der Waals surface area contributed by atoms with Crippen LogP contribution in [-0.4, -0.2) is 17.4 Å². The van der Waals surface area contributed by atoms with Crippen molar-refractivity contribution in [2.75, 3.05) is 22.9 Å². The van der Waals surface area contributed by atoms with E-state index in [9.17, 15) is 4.79 Å². The third-order valence-electron chi connectivity index (χ3n) is 3.53. The van der Waals surface area contributed by atoms with Crippen molar-refractivity contribution in [2.45, 2.75) is 26.2 Å². The number of aryl methyl sites for hydroxylation is 2. The monoisotopic (exact) mass is 302 g/mol. The number of benzene rings is 1. The van der Waals surface area contributed by atoms with Gasteiger partial charge in [-0.2, -0.15) is 0 Å². The highest BCUT2D eigenvalue weighted by atomic mass is 32.1. The molecule has 3 rings (SSSR count). The summed E-state index contributed by atoms with van der Waals surface area (Å²) in [6.45, 7) is 2.80. The van der Waals surface area contributed by atoms with Crippen molar-refractivity contribution in [3.8, 4) is 0 Å². The molecule has 1 aromatic heterocycles. The van der Waals surface area contributed by atoms with Crippen LogP contribution < -0.4 is 16.4 Å². The number of carbonyl (C=O) groups is 1. The highest BCUT2D eigenvalue weighted by Gasteiger charge is 2.16. The summed E-state index contributed by atoms with van der Waals surface area (Å²) >= 11 is 1.67. The van der Waals surface area contributed by atoms with Crippen molar-refractivity contribution in [1.82, 2.24) is 4.98 Å². The molecule has 0 atom stereocenters. The molecule has 0 saturated heterocycles. The van der Waals surface area contributed by atoms with Crippen molar-refractivity contribution in [3.05, 3.63) is 33.8 Å². The molecular weight excluding hydrogens is 284 g/mol. The second-order valence-electron chi connectivity index (χ2n) is 5.18. The second-order valence-corrected chi connectivity index (χ2v) is 6.24. The van der Waals surface area contributed by atoms with Crippen molar-refractivity contribution < 1.29 is 4.79 Å². The average Bonchev–Trinajstić information content (AvgIpc) is 2.85. The van der Waals surface area contributed by atoms with Gasteiger partial charge in [0.2, 0.25) is 5.91 Å². The second kappa shape index (κ2) is 5.73. The summed E-state index contributed by atoms with van der Waals surface area (Å²) in [6.07, 6.45) is 2.17. The van der Waals surface area contributed by atoms with Crippen LogP contribution in [0, 0.1) is 6.92 Å². The number of hydrogen-bond acceptors (Lipinski definition) is 5. The Morgan fingerprint density at radius 1 is 1.43 bits per heavy atom. The zero-order valence-corrected chi connectivity index (χ0v) is 12.7. The smallest absolute Gasteiger partial charge is 0.224 e. The molecule has 21 heavy (non-hydrogen) atoms. The standard InChI is InChI=1S/C15H18N4OS/c1-9-18-11(8-21-9)4-5-17-14-6-10-2-3-15(20)19-13(10)7-12(14)16/h6-8,17H,2-5,16H2,1H3,(H,19,20). The number of aromatic nitrogens is 1. The summed E-state index contributed by atoms with van der Waals surface area (Å²) in [4.78, 5) is 15.8. The molecule has 6 heteroatoms. The fourth-order valence-electron chi connectivity index (χ4n) is 2.45. The van der Waals surface area contributed by atoms with Crippen LogP contribution in [0.5, 0.6) is 0 Å². The van der Waals surface area contributed by atoms with Crippen molar-refractivity contribution >= 4 is 34.3 Å². The molecular formula is C15H18N4OS. The number of hydrogen-bond donors (Lipinski definition) is 3. The normalized spacial score (nSPS) is 13.7. The van der Waals surface area contributed by atoms with Crippen LogP contribution in [0.15, 0.2) is 17.5 Å². The lowest BCUT2D eigenvalue weighted by Gasteiger charge is -2.19. The summed E-state index contributed by atoms with van der Waals surface area (Å²) in [5, 5.41) is 9.39. The molecule has 0 unspecified atom stereocenters. The predicted molar refractivity (Wildman–Crippen MR) is 86.8 cm³/mol. The van der Waals surface area contributed by atoms with Gasteiger partial charge in [0, 0.05) is 30.5 Å². The van der Waals surface area contributed by atoms with E-state index in [2.05, 4.69) is 21.0 Å². The van der Waals surface area contributed by atoms with Gasteiger partial charge in [0.05, 0.1) is 22.1 Å². The van der Waals surface area contributed by atoms with Gasteiger partial charge >= 0.3 is 0 Å². The Bertz CT molecular complexity index is 680. The number of thiazole rings is 1. The number of anilines is 3. The van der Waals surface area contributed by atoms with E-state index in [1.165, 1.54) is 0 Å². The summed E-state index contributed by atoms with van der Waals surface area (Å²) in [5.74, 6) is 0.0570. The Labute approximate surface area is 127 Å². The first-order valence-corrected chi connectivity index (χ1v) is 7.87. The molecule has 0 saturated carbocycles. The zero-order valence-electron chi connectivity index (χ0n) is 11.9. The largest absolute Gasteiger partial charge is 0.397 e. The SMILES string of the molecule is Cc1nc(CCNc2cc3c(cc2N)NC(=O)CC3)cs1. The third kappa shape index (κ3) is 3.16. The van der Waals surface area contributed by atoms with Gasteiger partial charge in [0.1, 0.15) is 0 Å². The fourth-order valence-corrected chi connectivity index (χ4v) is 3.09. The van der Waals surface area contributed by atoms with Crippen LogP contribution >= 0.6 is 11.3 Å². The maximum atomic E-state index is 11.4. The zero-order chi connectivity index (χ0) is 14.8. The minimum atomic E-state index is 0.0570. The number of amides is 1. The van der Waals surface area contributed by atoms with Crippen LogP contribution in [0.3, 0.4) is 0 Å². The summed E-state index contributed by atoms with van der Waals surface area (Å²) in [6, 6.07) is 3.87. The molecule has 4 N–H and O–H groups in total. The maximum Gasteiger partial charge on any atom is 0.224 e. The van der Waals surface area contributed by atoms with Crippen LogP contribution in [0.1, 0.15) is 22.7 Å². The van der Waals surface area contributed by atoms with Crippen molar-refractivity contribution in [2.24, 2.45) is 0 Å². The Balaban J connectivity index is 1.67. The van der Waals surface area contributed by atoms with Crippen LogP contribution in [0.25, 0.3) is 0 Å². The Hall–Kier alpha value is -2.08. The van der Waals surface area contributed by atoms with Crippen LogP contribution in [-0.2, 0) is 17.6 Å². The van der Waals surface area contributed by atoms with Gasteiger partial charge in [-0.25, -0.2) is 4.98 Å². The van der Waals surface area contributed by atoms with Gasteiger partial charge in [-0.15, -0.1) is 11.3 Å². The molecule has 0 aliphatic carbocycles. The summed E-state index contributed by atoms with van der Waals surface area (Å²) < 4.78 is 0. The third-order valence-corrected chi connectivity index (χ3v) is 4.36. The Morgan fingerprint density at radius 3 is 3.05 bits per heavy atom. The van der Waals surface area contributed by atoms with Gasteiger partial charge in [-0.3, -0.25) is 4.79 Å². The van der Waals surface area contributed by atoms with Gasteiger partial charge in [0.15, 0.2) is 0 Å². The molecule has 1 aromatic carbocycles. The van der Waals surface area contributed by atoms with E-state index in [-0.39, 0.29) is 5.91 Å². The quantitative estimate of drug-likeness (QED) is 0.758. The lowest BCUT2D eigenvalue weighted by Crippen LogP contribution is -2.19. The van der Waals surface area contributed by atoms with E-state index in [1.807, 2.05) is 19.1 Å². The Morgan fingerprint density at radius 2 is 2.29 bits per heavy atom. The number of nitrogens with one attached hydrogen (secondary N) is 2. The van der Waals surface area contributed by atoms with Gasteiger partial charge in [0.25, 0.3) is 0 Å². The van der Waals surface area contributed by atoms with E-state index >= 15 is 0 Å². The molecule has 0 radical (unpaired) electrons. The molecule has 0 bridgehead atoms. The Kier molecular flexibility index (Phi) is 3.79. The molecule has 110 valence electrons. The van der Waals surface area contributed by atoms with E-state index in [0.29, 0.717) is 12.1 Å². The highest BCUT2D eigenvalue weighted by Crippen LogP contribution is 2.30. The lowest BCUT2D eigenvalue weighted by atomic mass is 10.0. The molecule has 1 amide bonds. The molecule has 0 fully saturated rings. The number of fused-ring (bicyclic) bond motifs is 1. The van der Waals surface area contributed by atoms with Crippen molar-refractivity contribution in [3.63, 3.8) is 0 Å². The number of nitrogens with zero attached hydrogens (tertiary/aromatic N) is 1. The van der Waals surface area contributed by atoms with E-state index in [1.54, 1.807) is 11.3 Å². The average molecular weight is 302 g/mol. The number of rotatable bonds is 4. The predicted octanol–water partition coefficient (Wildman–Crippen LogP) is 2.57. The van der Waals surface area contributed by atoms with Gasteiger partial charge in [-0.05, 0) is 31.0 Å². The number of nitrogens with two attached hydrogens (primary N) is 1. The molecule has 1 aliphatic rings. The first-order chi connectivity index (χ1) is 10.1. The minimum Gasteiger partial charge on any atom is -0.397 e. The first kappa shape index (κ1) is 13.9. The summed E-state index contributed by atoms with van der Waals surface area (Å²) in [5.41, 5.74) is 10.7. The van der Waals surface area contributed by atoms with Crippen molar-refractivity contribution in [1.29, 1.82) is 0 Å². The molecule has 2 aromatic rings. The highest BCUT2D eigenvalue weighted by molar-refractivity contribution is 7.09. The fraction of sp³-hybridized carbons (Fsp3) is 0.333. The molecule has 1 aliphatic heterocycles. The number of nitrogen functional groups attached to an aromatic ring is 1. The van der Waals surface area contributed by atoms with E-state index in [4.69, 9.17) is 5.73 Å². The molecule has 5 nitrogen and oxygen atoms in total. The molecule has 2 heterocycles. The summed E-state index contributed by atoms with van der Waals surface area (Å²) in [7, 11) is 0. The van der Waals surface area contributed by atoms with E-state index in [0.717, 1.165) is 47.0 Å². The van der Waals surface area contributed by atoms with Crippen LogP contribution in [0.4, 0.5) is 17.1 Å². The van der Waals surface area contributed by atoms with Gasteiger partial charge in [-0.1, -0.05) is 0 Å². The number of carbonyl (C=O) groups excluding carboxylic acids is 1. The molecule has 0 spiro atoms. The van der Waals surface area contributed by atoms with E-state index < -0.39 is 0 Å². The van der Waals surface area contributed by atoms with Crippen LogP contribution in [0.2, 0.25) is 0 Å². The minimum absolute atomic E-state index is 0.0570. The lowest BCUT2D eigenvalue weighted by molar-refractivity contribution is -0.116. The van der Waals surface area contributed by atoms with Gasteiger partial charge < -0.3 is 16.4 Å².